The Morgan fingerprint density at radius 1 is 1.41 bits per heavy atom. The zero-order chi connectivity index (χ0) is 13.1. The van der Waals surface area contributed by atoms with Crippen LogP contribution in [0.3, 0.4) is 0 Å². The highest BCUT2D eigenvalue weighted by molar-refractivity contribution is 8.00. The number of carbonyl (C=O) groups is 1. The third-order valence-electron chi connectivity index (χ3n) is 3.32. The monoisotopic (exact) mass is 258 g/mol. The predicted molar refractivity (Wildman–Crippen MR) is 75.5 cm³/mol. The van der Waals surface area contributed by atoms with E-state index in [1.165, 1.54) is 19.3 Å². The van der Waals surface area contributed by atoms with Gasteiger partial charge in [-0.1, -0.05) is 6.42 Å². The fourth-order valence-corrected chi connectivity index (χ4v) is 2.86. The average molecular weight is 258 g/mol. The molecule has 1 aliphatic carbocycles. The fraction of sp³-hybridized carbons (Fsp3) is 0.923. The molecule has 1 saturated carbocycles. The summed E-state index contributed by atoms with van der Waals surface area (Å²) in [6, 6.07) is -0.112. The standard InChI is InChI=1S/C13H26N2OS/c1-10(11(16)15-12(2,3)4)14-9-13(17-5)7-6-8-13/h10,14H,6-9H2,1-5H3,(H,15,16). The first-order chi connectivity index (χ1) is 7.78. The molecule has 2 N–H and O–H groups in total. The molecule has 0 radical (unpaired) electrons. The lowest BCUT2D eigenvalue weighted by Crippen LogP contribution is -2.53. The van der Waals surface area contributed by atoms with E-state index in [0.29, 0.717) is 4.75 Å². The van der Waals surface area contributed by atoms with E-state index in [9.17, 15) is 4.79 Å². The molecule has 1 rings (SSSR count). The molecule has 4 heteroatoms. The van der Waals surface area contributed by atoms with Gasteiger partial charge in [-0.05, 0) is 46.8 Å². The number of amides is 1. The van der Waals surface area contributed by atoms with E-state index in [-0.39, 0.29) is 17.5 Å². The third-order valence-corrected chi connectivity index (χ3v) is 4.74. The lowest BCUT2D eigenvalue weighted by molar-refractivity contribution is -0.124. The van der Waals surface area contributed by atoms with Crippen molar-refractivity contribution in [2.45, 2.75) is 63.3 Å². The normalized spacial score (nSPS) is 20.5. The second-order valence-electron chi connectivity index (χ2n) is 6.08. The fourth-order valence-electron chi connectivity index (χ4n) is 1.93. The molecule has 0 aliphatic heterocycles. The van der Waals surface area contributed by atoms with Crippen LogP contribution in [0.5, 0.6) is 0 Å². The Kier molecular flexibility index (Phi) is 4.90. The predicted octanol–water partition coefficient (Wildman–Crippen LogP) is 2.16. The molecule has 3 nitrogen and oxygen atoms in total. The molecule has 1 amide bonds. The molecule has 0 spiro atoms. The molecule has 0 aromatic carbocycles. The summed E-state index contributed by atoms with van der Waals surface area (Å²) >= 11 is 1.93. The van der Waals surface area contributed by atoms with Gasteiger partial charge in [-0.25, -0.2) is 0 Å². The highest BCUT2D eigenvalue weighted by Crippen LogP contribution is 2.42. The quantitative estimate of drug-likeness (QED) is 0.794. The molecule has 0 aromatic heterocycles. The molecule has 0 aromatic rings. The summed E-state index contributed by atoms with van der Waals surface area (Å²) < 4.78 is 0.385. The highest BCUT2D eigenvalue weighted by atomic mass is 32.2. The number of rotatable bonds is 5. The van der Waals surface area contributed by atoms with Crippen LogP contribution in [-0.2, 0) is 4.79 Å². The Labute approximate surface area is 109 Å². The molecule has 0 heterocycles. The largest absolute Gasteiger partial charge is 0.350 e. The van der Waals surface area contributed by atoms with Crippen molar-refractivity contribution in [3.8, 4) is 0 Å². The van der Waals surface area contributed by atoms with Gasteiger partial charge < -0.3 is 10.6 Å². The molecule has 1 aliphatic rings. The van der Waals surface area contributed by atoms with Crippen molar-refractivity contribution in [3.05, 3.63) is 0 Å². The summed E-state index contributed by atoms with van der Waals surface area (Å²) in [7, 11) is 0. The van der Waals surface area contributed by atoms with Gasteiger partial charge in [-0.15, -0.1) is 0 Å². The Bertz CT molecular complexity index is 264. The van der Waals surface area contributed by atoms with Crippen LogP contribution in [0.2, 0.25) is 0 Å². The highest BCUT2D eigenvalue weighted by Gasteiger charge is 2.36. The first kappa shape index (κ1) is 14.8. The zero-order valence-corrected chi connectivity index (χ0v) is 12.5. The number of carbonyl (C=O) groups excluding carboxylic acids is 1. The smallest absolute Gasteiger partial charge is 0.237 e. The van der Waals surface area contributed by atoms with Crippen LogP contribution in [0.15, 0.2) is 0 Å². The summed E-state index contributed by atoms with van der Waals surface area (Å²) in [5, 5.41) is 6.37. The number of hydrogen-bond donors (Lipinski definition) is 2. The van der Waals surface area contributed by atoms with Gasteiger partial charge in [-0.2, -0.15) is 11.8 Å². The van der Waals surface area contributed by atoms with Crippen LogP contribution in [0.25, 0.3) is 0 Å². The molecule has 17 heavy (non-hydrogen) atoms. The summed E-state index contributed by atoms with van der Waals surface area (Å²) in [6.07, 6.45) is 6.04. The molecule has 0 bridgehead atoms. The van der Waals surface area contributed by atoms with Gasteiger partial charge in [0.2, 0.25) is 5.91 Å². The van der Waals surface area contributed by atoms with Crippen molar-refractivity contribution in [1.29, 1.82) is 0 Å². The van der Waals surface area contributed by atoms with Gasteiger partial charge in [0.1, 0.15) is 0 Å². The molecular formula is C13H26N2OS. The van der Waals surface area contributed by atoms with E-state index in [1.807, 2.05) is 39.5 Å². The second-order valence-corrected chi connectivity index (χ2v) is 7.36. The molecular weight excluding hydrogens is 232 g/mol. The topological polar surface area (TPSA) is 41.1 Å². The van der Waals surface area contributed by atoms with Gasteiger partial charge >= 0.3 is 0 Å². The molecule has 1 unspecified atom stereocenters. The number of hydrogen-bond acceptors (Lipinski definition) is 3. The van der Waals surface area contributed by atoms with E-state index in [2.05, 4.69) is 16.9 Å². The SMILES string of the molecule is CSC1(CNC(C)C(=O)NC(C)(C)C)CCC1. The molecule has 1 atom stereocenters. The minimum absolute atomic E-state index is 0.0908. The first-order valence-electron chi connectivity index (χ1n) is 6.39. The van der Waals surface area contributed by atoms with E-state index >= 15 is 0 Å². The minimum Gasteiger partial charge on any atom is -0.350 e. The summed E-state index contributed by atoms with van der Waals surface area (Å²) in [5.41, 5.74) is -0.152. The number of thioether (sulfide) groups is 1. The van der Waals surface area contributed by atoms with Crippen LogP contribution < -0.4 is 10.6 Å². The van der Waals surface area contributed by atoms with E-state index in [1.54, 1.807) is 0 Å². The molecule has 0 saturated heterocycles. The van der Waals surface area contributed by atoms with Crippen molar-refractivity contribution >= 4 is 17.7 Å². The van der Waals surface area contributed by atoms with E-state index in [4.69, 9.17) is 0 Å². The Balaban J connectivity index is 2.34. The van der Waals surface area contributed by atoms with Crippen LogP contribution in [-0.4, -0.2) is 35.0 Å². The van der Waals surface area contributed by atoms with Crippen molar-refractivity contribution < 1.29 is 4.79 Å². The zero-order valence-electron chi connectivity index (χ0n) is 11.7. The Hall–Kier alpha value is -0.220. The van der Waals surface area contributed by atoms with Crippen LogP contribution >= 0.6 is 11.8 Å². The first-order valence-corrected chi connectivity index (χ1v) is 7.61. The maximum atomic E-state index is 11.9. The molecule has 1 fully saturated rings. The lowest BCUT2D eigenvalue weighted by Gasteiger charge is -2.41. The third kappa shape index (κ3) is 4.51. The molecule has 100 valence electrons. The number of nitrogens with one attached hydrogen (secondary N) is 2. The Morgan fingerprint density at radius 3 is 2.35 bits per heavy atom. The maximum Gasteiger partial charge on any atom is 0.237 e. The lowest BCUT2D eigenvalue weighted by atomic mass is 9.84. The van der Waals surface area contributed by atoms with Gasteiger partial charge in [0.25, 0.3) is 0 Å². The summed E-state index contributed by atoms with van der Waals surface area (Å²) in [5.74, 6) is 0.0908. The van der Waals surface area contributed by atoms with Crippen molar-refractivity contribution in [1.82, 2.24) is 10.6 Å². The van der Waals surface area contributed by atoms with Gasteiger partial charge in [0.05, 0.1) is 6.04 Å². The summed E-state index contributed by atoms with van der Waals surface area (Å²) in [6.45, 7) is 8.90. The summed E-state index contributed by atoms with van der Waals surface area (Å²) in [4.78, 5) is 11.9. The van der Waals surface area contributed by atoms with E-state index in [0.717, 1.165) is 6.54 Å². The van der Waals surface area contributed by atoms with E-state index < -0.39 is 0 Å². The Morgan fingerprint density at radius 2 is 2.00 bits per heavy atom. The minimum atomic E-state index is -0.152. The van der Waals surface area contributed by atoms with Crippen molar-refractivity contribution in [2.24, 2.45) is 0 Å². The van der Waals surface area contributed by atoms with Gasteiger partial charge in [0, 0.05) is 16.8 Å². The van der Waals surface area contributed by atoms with Crippen molar-refractivity contribution in [2.75, 3.05) is 12.8 Å². The van der Waals surface area contributed by atoms with Gasteiger partial charge in [-0.3, -0.25) is 4.79 Å². The van der Waals surface area contributed by atoms with Crippen LogP contribution in [0, 0.1) is 0 Å². The second kappa shape index (κ2) is 5.61. The van der Waals surface area contributed by atoms with Crippen LogP contribution in [0.1, 0.15) is 47.0 Å². The van der Waals surface area contributed by atoms with Gasteiger partial charge in [0.15, 0.2) is 0 Å². The maximum absolute atomic E-state index is 11.9. The van der Waals surface area contributed by atoms with Crippen LogP contribution in [0.4, 0.5) is 0 Å². The van der Waals surface area contributed by atoms with Crippen molar-refractivity contribution in [3.63, 3.8) is 0 Å². The average Bonchev–Trinajstić information content (AvgIpc) is 2.13.